The molecule has 1 rings (SSSR count). The summed E-state index contributed by atoms with van der Waals surface area (Å²) in [5.41, 5.74) is 6.31. The smallest absolute Gasteiger partial charge is 0.129 e. The van der Waals surface area contributed by atoms with Gasteiger partial charge < -0.3 is 5.73 Å². The van der Waals surface area contributed by atoms with E-state index < -0.39 is 0 Å². The largest absolute Gasteiger partial charge is 0.324 e. The van der Waals surface area contributed by atoms with Crippen LogP contribution in [0, 0.1) is 11.7 Å². The van der Waals surface area contributed by atoms with E-state index in [4.69, 9.17) is 17.3 Å². The van der Waals surface area contributed by atoms with Crippen molar-refractivity contribution in [2.24, 2.45) is 11.7 Å². The van der Waals surface area contributed by atoms with Crippen LogP contribution in [0.2, 0.25) is 5.02 Å². The molecule has 0 spiro atoms. The average Bonchev–Trinajstić information content (AvgIpc) is 2.01. The topological polar surface area (TPSA) is 26.0 Å². The number of hydrogen-bond acceptors (Lipinski definition) is 1. The Morgan fingerprint density at radius 1 is 1.40 bits per heavy atom. The van der Waals surface area contributed by atoms with E-state index in [2.05, 4.69) is 13.8 Å². The van der Waals surface area contributed by atoms with Gasteiger partial charge in [0.2, 0.25) is 0 Å². The van der Waals surface area contributed by atoms with Gasteiger partial charge in [0.1, 0.15) is 5.82 Å². The Morgan fingerprint density at radius 3 is 2.47 bits per heavy atom. The van der Waals surface area contributed by atoms with Crippen molar-refractivity contribution in [1.82, 2.24) is 0 Å². The monoisotopic (exact) mass is 251 g/mol. The van der Waals surface area contributed by atoms with Crippen molar-refractivity contribution in [3.8, 4) is 0 Å². The van der Waals surface area contributed by atoms with Gasteiger partial charge in [-0.05, 0) is 24.5 Å². The van der Waals surface area contributed by atoms with E-state index in [1.165, 1.54) is 6.07 Å². The third-order valence-corrected chi connectivity index (χ3v) is 2.43. The molecule has 4 heteroatoms. The van der Waals surface area contributed by atoms with Crippen LogP contribution in [0.5, 0.6) is 0 Å². The zero-order valence-corrected chi connectivity index (χ0v) is 10.4. The van der Waals surface area contributed by atoms with Gasteiger partial charge in [-0.3, -0.25) is 0 Å². The second-order valence-electron chi connectivity index (χ2n) is 3.87. The van der Waals surface area contributed by atoms with Crippen molar-refractivity contribution < 1.29 is 4.39 Å². The molecule has 0 heterocycles. The first kappa shape index (κ1) is 14.7. The van der Waals surface area contributed by atoms with Crippen molar-refractivity contribution in [1.29, 1.82) is 0 Å². The molecule has 15 heavy (non-hydrogen) atoms. The zero-order valence-electron chi connectivity index (χ0n) is 8.84. The summed E-state index contributed by atoms with van der Waals surface area (Å²) in [6.07, 6.45) is 0.737. The molecule has 86 valence electrons. The van der Waals surface area contributed by atoms with Gasteiger partial charge in [-0.15, -0.1) is 12.4 Å². The Bertz CT molecular complexity index is 295. The molecule has 0 radical (unpaired) electrons. The molecule has 1 nitrogen and oxygen atoms in total. The highest BCUT2D eigenvalue weighted by atomic mass is 35.5. The highest BCUT2D eigenvalue weighted by Gasteiger charge is 2.15. The Kier molecular flexibility index (Phi) is 6.18. The van der Waals surface area contributed by atoms with Crippen LogP contribution in [0.3, 0.4) is 0 Å². The van der Waals surface area contributed by atoms with Crippen LogP contribution in [-0.4, -0.2) is 0 Å². The van der Waals surface area contributed by atoms with Gasteiger partial charge in [0, 0.05) is 16.6 Å². The molecule has 1 aromatic carbocycles. The lowest BCUT2D eigenvalue weighted by atomic mass is 9.97. The molecule has 0 fully saturated rings. The maximum atomic E-state index is 13.4. The third-order valence-electron chi connectivity index (χ3n) is 2.10. The van der Waals surface area contributed by atoms with E-state index in [1.807, 2.05) is 0 Å². The van der Waals surface area contributed by atoms with Crippen LogP contribution in [0.25, 0.3) is 0 Å². The molecule has 0 aliphatic rings. The molecule has 0 amide bonds. The van der Waals surface area contributed by atoms with E-state index in [-0.39, 0.29) is 24.3 Å². The lowest BCUT2D eigenvalue weighted by Gasteiger charge is -2.16. The van der Waals surface area contributed by atoms with Crippen LogP contribution in [-0.2, 0) is 0 Å². The van der Waals surface area contributed by atoms with Crippen LogP contribution in [0.4, 0.5) is 4.39 Å². The number of rotatable bonds is 3. The summed E-state index contributed by atoms with van der Waals surface area (Å²) in [6.45, 7) is 4.10. The summed E-state index contributed by atoms with van der Waals surface area (Å²) in [6, 6.07) is 4.33. The summed E-state index contributed by atoms with van der Waals surface area (Å²) in [5, 5.41) is 0.415. The molecule has 1 aromatic rings. The lowest BCUT2D eigenvalue weighted by molar-refractivity contribution is 0.489. The Hall–Kier alpha value is -0.310. The molecule has 0 aliphatic heterocycles. The van der Waals surface area contributed by atoms with Crippen LogP contribution < -0.4 is 5.73 Å². The normalized spacial score (nSPS) is 12.4. The quantitative estimate of drug-likeness (QED) is 0.866. The molecule has 0 aromatic heterocycles. The summed E-state index contributed by atoms with van der Waals surface area (Å²) in [7, 11) is 0. The van der Waals surface area contributed by atoms with Gasteiger partial charge in [0.25, 0.3) is 0 Å². The maximum Gasteiger partial charge on any atom is 0.129 e. The Labute approximate surface area is 101 Å². The molecule has 0 saturated carbocycles. The third kappa shape index (κ3) is 3.98. The van der Waals surface area contributed by atoms with E-state index in [0.717, 1.165) is 6.42 Å². The lowest BCUT2D eigenvalue weighted by Crippen LogP contribution is -2.15. The van der Waals surface area contributed by atoms with Crippen molar-refractivity contribution in [3.63, 3.8) is 0 Å². The first-order valence-electron chi connectivity index (χ1n) is 4.72. The summed E-state index contributed by atoms with van der Waals surface area (Å²) >= 11 is 5.89. The summed E-state index contributed by atoms with van der Waals surface area (Å²) in [5.74, 6) is 0.117. The molecule has 0 bridgehead atoms. The van der Waals surface area contributed by atoms with Gasteiger partial charge >= 0.3 is 0 Å². The molecule has 1 atom stereocenters. The van der Waals surface area contributed by atoms with E-state index >= 15 is 0 Å². The minimum atomic E-state index is -0.316. The van der Waals surface area contributed by atoms with Gasteiger partial charge in [-0.25, -0.2) is 4.39 Å². The van der Waals surface area contributed by atoms with Crippen molar-refractivity contribution in [3.05, 3.63) is 34.6 Å². The van der Waals surface area contributed by atoms with E-state index in [9.17, 15) is 4.39 Å². The van der Waals surface area contributed by atoms with Crippen molar-refractivity contribution >= 4 is 24.0 Å². The second kappa shape index (κ2) is 6.31. The summed E-state index contributed by atoms with van der Waals surface area (Å²) < 4.78 is 13.4. The van der Waals surface area contributed by atoms with Crippen LogP contribution >= 0.6 is 24.0 Å². The Balaban J connectivity index is 0.00000196. The van der Waals surface area contributed by atoms with Gasteiger partial charge in [-0.2, -0.15) is 0 Å². The Morgan fingerprint density at radius 2 is 2.00 bits per heavy atom. The zero-order chi connectivity index (χ0) is 10.7. The molecule has 2 N–H and O–H groups in total. The average molecular weight is 252 g/mol. The minimum absolute atomic E-state index is 0. The highest BCUT2D eigenvalue weighted by Crippen LogP contribution is 2.28. The molecular weight excluding hydrogens is 236 g/mol. The predicted molar refractivity (Wildman–Crippen MR) is 65.0 cm³/mol. The number of nitrogens with two attached hydrogens (primary N) is 1. The van der Waals surface area contributed by atoms with Gasteiger partial charge in [0.05, 0.1) is 0 Å². The van der Waals surface area contributed by atoms with Crippen molar-refractivity contribution in [2.75, 3.05) is 0 Å². The van der Waals surface area contributed by atoms with Gasteiger partial charge in [0.15, 0.2) is 0 Å². The van der Waals surface area contributed by atoms with Crippen LogP contribution in [0.1, 0.15) is 31.9 Å². The standard InChI is InChI=1S/C11H15ClFN.ClH/c1-7(2)6-10(14)11-8(12)4-3-5-9(11)13;/h3-5,7,10H,6,14H2,1-2H3;1H/t10-;/m0./s1. The number of halogens is 3. The number of hydrogen-bond donors (Lipinski definition) is 1. The van der Waals surface area contributed by atoms with Gasteiger partial charge in [-0.1, -0.05) is 31.5 Å². The predicted octanol–water partition coefficient (Wildman–Crippen LogP) is 3.95. The SMILES string of the molecule is CC(C)C[C@H](N)c1c(F)cccc1Cl.Cl. The molecule has 0 unspecified atom stereocenters. The fraction of sp³-hybridized carbons (Fsp3) is 0.455. The summed E-state index contributed by atoms with van der Waals surface area (Å²) in [4.78, 5) is 0. The fourth-order valence-electron chi connectivity index (χ4n) is 1.49. The number of benzene rings is 1. The minimum Gasteiger partial charge on any atom is -0.324 e. The molecule has 0 saturated heterocycles. The molecule has 0 aliphatic carbocycles. The first-order valence-corrected chi connectivity index (χ1v) is 5.09. The fourth-order valence-corrected chi connectivity index (χ4v) is 1.79. The van der Waals surface area contributed by atoms with Crippen LogP contribution in [0.15, 0.2) is 18.2 Å². The highest BCUT2D eigenvalue weighted by molar-refractivity contribution is 6.31. The maximum absolute atomic E-state index is 13.4. The molecular formula is C11H16Cl2FN. The first-order chi connectivity index (χ1) is 6.52. The second-order valence-corrected chi connectivity index (χ2v) is 4.28. The van der Waals surface area contributed by atoms with E-state index in [0.29, 0.717) is 16.5 Å². The van der Waals surface area contributed by atoms with E-state index in [1.54, 1.807) is 12.1 Å². The van der Waals surface area contributed by atoms with Crippen molar-refractivity contribution in [2.45, 2.75) is 26.3 Å².